The van der Waals surface area contributed by atoms with Crippen molar-refractivity contribution in [1.82, 2.24) is 9.55 Å². The third kappa shape index (κ3) is 2.41. The predicted octanol–water partition coefficient (Wildman–Crippen LogP) is 2.28. The van der Waals surface area contributed by atoms with Crippen molar-refractivity contribution in [1.29, 1.82) is 0 Å². The van der Waals surface area contributed by atoms with E-state index in [-0.39, 0.29) is 17.9 Å². The molecule has 0 saturated carbocycles. The van der Waals surface area contributed by atoms with Crippen LogP contribution in [0.25, 0.3) is 11.1 Å². The average molecular weight is 300 g/mol. The number of nitrogens with zero attached hydrogens (tertiary/aromatic N) is 3. The lowest BCUT2D eigenvalue weighted by Gasteiger charge is -2.08. The quantitative estimate of drug-likeness (QED) is 0.585. The van der Waals surface area contributed by atoms with Crippen molar-refractivity contribution in [2.75, 3.05) is 5.32 Å². The summed E-state index contributed by atoms with van der Waals surface area (Å²) < 4.78 is 6.41. The lowest BCUT2D eigenvalue weighted by atomic mass is 10.3. The normalized spacial score (nSPS) is 10.8. The number of nitrogens with one attached hydrogen (secondary N) is 1. The number of oxazole rings is 1. The monoisotopic (exact) mass is 300 g/mol. The molecular formula is C14H12N4O4. The van der Waals surface area contributed by atoms with Crippen LogP contribution in [0.1, 0.15) is 5.56 Å². The molecule has 0 amide bonds. The Hall–Kier alpha value is -3.16. The van der Waals surface area contributed by atoms with Crippen molar-refractivity contribution in [3.05, 3.63) is 62.8 Å². The first kappa shape index (κ1) is 13.8. The maximum Gasteiger partial charge on any atom is 0.421 e. The van der Waals surface area contributed by atoms with E-state index in [1.165, 1.54) is 22.8 Å². The minimum Gasteiger partial charge on any atom is -0.407 e. The first-order chi connectivity index (χ1) is 10.6. The van der Waals surface area contributed by atoms with Crippen LogP contribution in [-0.2, 0) is 6.67 Å². The Kier molecular flexibility index (Phi) is 3.34. The lowest BCUT2D eigenvalue weighted by Crippen LogP contribution is -2.19. The highest BCUT2D eigenvalue weighted by Gasteiger charge is 2.14. The van der Waals surface area contributed by atoms with Gasteiger partial charge in [-0.3, -0.25) is 14.7 Å². The van der Waals surface area contributed by atoms with E-state index in [0.29, 0.717) is 11.3 Å². The van der Waals surface area contributed by atoms with E-state index in [9.17, 15) is 14.9 Å². The highest BCUT2D eigenvalue weighted by molar-refractivity contribution is 5.75. The molecule has 1 N–H and O–H groups in total. The van der Waals surface area contributed by atoms with Crippen molar-refractivity contribution in [2.24, 2.45) is 0 Å². The van der Waals surface area contributed by atoms with E-state index in [0.717, 1.165) is 5.56 Å². The van der Waals surface area contributed by atoms with Gasteiger partial charge in [-0.1, -0.05) is 6.07 Å². The van der Waals surface area contributed by atoms with E-state index in [1.54, 1.807) is 6.20 Å². The molecule has 22 heavy (non-hydrogen) atoms. The molecule has 3 aromatic rings. The summed E-state index contributed by atoms with van der Waals surface area (Å²) in [5, 5.41) is 13.8. The number of benzene rings is 1. The summed E-state index contributed by atoms with van der Waals surface area (Å²) in [6.45, 7) is 2.05. The zero-order chi connectivity index (χ0) is 15.7. The number of fused-ring (bicyclic) bond motifs is 1. The van der Waals surface area contributed by atoms with Gasteiger partial charge < -0.3 is 9.73 Å². The number of rotatable bonds is 4. The molecule has 2 aromatic heterocycles. The first-order valence-electron chi connectivity index (χ1n) is 6.49. The number of hydrogen-bond acceptors (Lipinski definition) is 6. The van der Waals surface area contributed by atoms with Crippen LogP contribution >= 0.6 is 0 Å². The van der Waals surface area contributed by atoms with Crippen LogP contribution in [0.15, 0.2) is 45.7 Å². The molecule has 0 saturated heterocycles. The number of nitro benzene ring substituents is 1. The van der Waals surface area contributed by atoms with Gasteiger partial charge in [-0.15, -0.1) is 0 Å². The van der Waals surface area contributed by atoms with Crippen molar-refractivity contribution in [3.8, 4) is 0 Å². The zero-order valence-corrected chi connectivity index (χ0v) is 11.6. The zero-order valence-electron chi connectivity index (χ0n) is 11.6. The second-order valence-corrected chi connectivity index (χ2v) is 4.71. The highest BCUT2D eigenvalue weighted by atomic mass is 16.6. The molecular weight excluding hydrogens is 288 g/mol. The fourth-order valence-electron chi connectivity index (χ4n) is 2.14. The summed E-state index contributed by atoms with van der Waals surface area (Å²) in [7, 11) is 0. The number of aryl methyl sites for hydroxylation is 1. The third-order valence-corrected chi connectivity index (χ3v) is 3.28. The van der Waals surface area contributed by atoms with E-state index >= 15 is 0 Å². The van der Waals surface area contributed by atoms with Crippen LogP contribution in [0.4, 0.5) is 11.5 Å². The van der Waals surface area contributed by atoms with Gasteiger partial charge in [-0.2, -0.15) is 0 Å². The van der Waals surface area contributed by atoms with Crippen LogP contribution in [0.2, 0.25) is 0 Å². The molecule has 1 aromatic carbocycles. The number of anilines is 1. The van der Waals surface area contributed by atoms with Gasteiger partial charge in [0, 0.05) is 12.3 Å². The molecule has 0 aliphatic carbocycles. The fraction of sp³-hybridized carbons (Fsp3) is 0.143. The molecule has 0 fully saturated rings. The van der Waals surface area contributed by atoms with Gasteiger partial charge in [0.1, 0.15) is 12.5 Å². The van der Waals surface area contributed by atoms with Crippen LogP contribution in [0.5, 0.6) is 0 Å². The molecule has 0 aliphatic heterocycles. The van der Waals surface area contributed by atoms with Crippen LogP contribution < -0.4 is 11.1 Å². The molecule has 0 bridgehead atoms. The molecule has 2 heterocycles. The van der Waals surface area contributed by atoms with Gasteiger partial charge in [0.2, 0.25) is 0 Å². The third-order valence-electron chi connectivity index (χ3n) is 3.28. The maximum absolute atomic E-state index is 11.9. The molecule has 8 nitrogen and oxygen atoms in total. The molecule has 0 radical (unpaired) electrons. The number of aromatic nitrogens is 2. The van der Waals surface area contributed by atoms with Crippen molar-refractivity contribution < 1.29 is 9.34 Å². The number of nitro groups is 1. The fourth-order valence-corrected chi connectivity index (χ4v) is 2.14. The van der Waals surface area contributed by atoms with Gasteiger partial charge >= 0.3 is 5.76 Å². The Balaban J connectivity index is 1.94. The second kappa shape index (κ2) is 5.32. The maximum atomic E-state index is 11.9. The Bertz CT molecular complexity index is 913. The Morgan fingerprint density at radius 1 is 1.41 bits per heavy atom. The van der Waals surface area contributed by atoms with Crippen LogP contribution in [0.3, 0.4) is 0 Å². The van der Waals surface area contributed by atoms with E-state index < -0.39 is 10.7 Å². The summed E-state index contributed by atoms with van der Waals surface area (Å²) in [5.74, 6) is 0.0715. The summed E-state index contributed by atoms with van der Waals surface area (Å²) in [5.41, 5.74) is 1.48. The van der Waals surface area contributed by atoms with Gasteiger partial charge in [0.05, 0.1) is 16.5 Å². The molecule has 0 spiro atoms. The van der Waals surface area contributed by atoms with Crippen molar-refractivity contribution >= 4 is 22.6 Å². The van der Waals surface area contributed by atoms with Gasteiger partial charge in [-0.05, 0) is 24.6 Å². The average Bonchev–Trinajstić information content (AvgIpc) is 2.81. The lowest BCUT2D eigenvalue weighted by molar-refractivity contribution is -0.384. The molecule has 8 heteroatoms. The summed E-state index contributed by atoms with van der Waals surface area (Å²) >= 11 is 0. The Morgan fingerprint density at radius 2 is 2.23 bits per heavy atom. The molecule has 112 valence electrons. The molecule has 0 aliphatic rings. The molecule has 0 unspecified atom stereocenters. The highest BCUT2D eigenvalue weighted by Crippen LogP contribution is 2.20. The van der Waals surface area contributed by atoms with E-state index in [1.807, 2.05) is 19.1 Å². The number of non-ortho nitro benzene ring substituents is 1. The van der Waals surface area contributed by atoms with E-state index in [2.05, 4.69) is 10.3 Å². The SMILES string of the molecule is Cc1cccnc1NCn1c(=O)oc2cc([N+](=O)[O-])ccc21. The standard InChI is InChI=1S/C14H12N4O4/c1-9-3-2-6-15-13(9)16-8-17-11-5-4-10(18(20)21)7-12(11)22-14(17)19/h2-7H,8H2,1H3,(H,15,16). The van der Waals surface area contributed by atoms with Crippen molar-refractivity contribution in [2.45, 2.75) is 13.6 Å². The van der Waals surface area contributed by atoms with Crippen molar-refractivity contribution in [3.63, 3.8) is 0 Å². The minimum absolute atomic E-state index is 0.123. The smallest absolute Gasteiger partial charge is 0.407 e. The summed E-state index contributed by atoms with van der Waals surface area (Å²) in [6.07, 6.45) is 1.65. The van der Waals surface area contributed by atoms with Crippen LogP contribution in [-0.4, -0.2) is 14.5 Å². The van der Waals surface area contributed by atoms with Gasteiger partial charge in [0.25, 0.3) is 5.69 Å². The Labute approximate surface area is 124 Å². The largest absolute Gasteiger partial charge is 0.421 e. The molecule has 0 atom stereocenters. The summed E-state index contributed by atoms with van der Waals surface area (Å²) in [4.78, 5) is 26.3. The van der Waals surface area contributed by atoms with Crippen LogP contribution in [0, 0.1) is 17.0 Å². The Morgan fingerprint density at radius 3 is 2.95 bits per heavy atom. The van der Waals surface area contributed by atoms with E-state index in [4.69, 9.17) is 4.42 Å². The summed E-state index contributed by atoms with van der Waals surface area (Å²) in [6, 6.07) is 7.78. The predicted molar refractivity (Wildman–Crippen MR) is 79.7 cm³/mol. The second-order valence-electron chi connectivity index (χ2n) is 4.71. The molecule has 3 rings (SSSR count). The number of hydrogen-bond donors (Lipinski definition) is 1. The van der Waals surface area contributed by atoms with Gasteiger partial charge in [0.15, 0.2) is 5.58 Å². The number of pyridine rings is 1. The van der Waals surface area contributed by atoms with Gasteiger partial charge in [-0.25, -0.2) is 9.78 Å². The topological polar surface area (TPSA) is 103 Å². The first-order valence-corrected chi connectivity index (χ1v) is 6.49. The minimum atomic E-state index is -0.586.